The third-order valence-corrected chi connectivity index (χ3v) is 4.89. The lowest BCUT2D eigenvalue weighted by Crippen LogP contribution is -2.49. The Balaban J connectivity index is 2.18. The molecule has 0 aliphatic carbocycles. The van der Waals surface area contributed by atoms with Crippen LogP contribution in [0.5, 0.6) is 0 Å². The van der Waals surface area contributed by atoms with Crippen LogP contribution in [0.4, 0.5) is 5.00 Å². The number of carboxylic acid groups (broad SMARTS) is 1. The van der Waals surface area contributed by atoms with Crippen molar-refractivity contribution >= 4 is 28.2 Å². The SMILES string of the molecule is CCC1(C(=O)O)CCCN(C(=O)c2csc([N+](=O)[O-])c2)C1. The topological polar surface area (TPSA) is 101 Å². The van der Waals surface area contributed by atoms with Crippen molar-refractivity contribution in [3.05, 3.63) is 27.1 Å². The molecule has 1 aromatic heterocycles. The maximum absolute atomic E-state index is 12.4. The predicted molar refractivity (Wildman–Crippen MR) is 76.5 cm³/mol. The molecular weight excluding hydrogens is 296 g/mol. The monoisotopic (exact) mass is 312 g/mol. The maximum Gasteiger partial charge on any atom is 0.324 e. The second-order valence-corrected chi connectivity index (χ2v) is 6.09. The zero-order valence-corrected chi connectivity index (χ0v) is 12.4. The number of carboxylic acids is 1. The highest BCUT2D eigenvalue weighted by Gasteiger charge is 2.42. The Morgan fingerprint density at radius 1 is 1.57 bits per heavy atom. The molecule has 2 heterocycles. The average Bonchev–Trinajstić information content (AvgIpc) is 2.96. The number of piperidine rings is 1. The molecule has 0 radical (unpaired) electrons. The van der Waals surface area contributed by atoms with E-state index in [-0.39, 0.29) is 23.0 Å². The Kier molecular flexibility index (Phi) is 4.26. The predicted octanol–water partition coefficient (Wildman–Crippen LogP) is 2.37. The van der Waals surface area contributed by atoms with Crippen LogP contribution in [-0.4, -0.2) is 39.9 Å². The van der Waals surface area contributed by atoms with E-state index in [1.807, 2.05) is 0 Å². The number of rotatable bonds is 4. The minimum Gasteiger partial charge on any atom is -0.481 e. The van der Waals surface area contributed by atoms with Gasteiger partial charge in [-0.25, -0.2) is 0 Å². The number of likely N-dealkylation sites (tertiary alicyclic amines) is 1. The first-order chi connectivity index (χ1) is 9.89. The summed E-state index contributed by atoms with van der Waals surface area (Å²) in [4.78, 5) is 35.5. The summed E-state index contributed by atoms with van der Waals surface area (Å²) in [5.41, 5.74) is -0.653. The van der Waals surface area contributed by atoms with Crippen LogP contribution in [0.1, 0.15) is 36.5 Å². The molecule has 2 rings (SSSR count). The summed E-state index contributed by atoms with van der Waals surface area (Å²) in [6.45, 7) is 2.44. The standard InChI is InChI=1S/C13H16N2O5S/c1-2-13(12(17)18)4-3-5-14(8-13)11(16)9-6-10(15(19)20)21-7-9/h6-7H,2-5,8H2,1H3,(H,17,18). The van der Waals surface area contributed by atoms with E-state index in [9.17, 15) is 24.8 Å². The van der Waals surface area contributed by atoms with Gasteiger partial charge in [-0.3, -0.25) is 19.7 Å². The summed E-state index contributed by atoms with van der Waals surface area (Å²) >= 11 is 0.899. The second kappa shape index (κ2) is 5.80. The molecule has 1 atom stereocenters. The number of aliphatic carboxylic acids is 1. The summed E-state index contributed by atoms with van der Waals surface area (Å²) in [5.74, 6) is -1.23. The number of thiophene rings is 1. The molecule has 7 nitrogen and oxygen atoms in total. The normalized spacial score (nSPS) is 22.0. The molecule has 8 heteroatoms. The first-order valence-electron chi connectivity index (χ1n) is 6.65. The maximum atomic E-state index is 12.4. The Labute approximate surface area is 125 Å². The van der Waals surface area contributed by atoms with Crippen molar-refractivity contribution in [2.24, 2.45) is 5.41 Å². The van der Waals surface area contributed by atoms with E-state index in [2.05, 4.69) is 0 Å². The fourth-order valence-corrected chi connectivity index (χ4v) is 3.33. The zero-order valence-electron chi connectivity index (χ0n) is 11.6. The van der Waals surface area contributed by atoms with Crippen molar-refractivity contribution in [1.29, 1.82) is 0 Å². The van der Waals surface area contributed by atoms with Gasteiger partial charge < -0.3 is 10.0 Å². The number of hydrogen-bond donors (Lipinski definition) is 1. The number of carbonyl (C=O) groups excluding carboxylic acids is 1. The van der Waals surface area contributed by atoms with Crippen LogP contribution < -0.4 is 0 Å². The molecule has 0 spiro atoms. The van der Waals surface area contributed by atoms with Crippen molar-refractivity contribution in [3.63, 3.8) is 0 Å². The van der Waals surface area contributed by atoms with Crippen molar-refractivity contribution in [3.8, 4) is 0 Å². The van der Waals surface area contributed by atoms with Crippen LogP contribution in [-0.2, 0) is 4.79 Å². The van der Waals surface area contributed by atoms with Gasteiger partial charge in [0.2, 0.25) is 0 Å². The van der Waals surface area contributed by atoms with Gasteiger partial charge in [-0.1, -0.05) is 18.3 Å². The average molecular weight is 312 g/mol. The number of carbonyl (C=O) groups is 2. The summed E-state index contributed by atoms with van der Waals surface area (Å²) in [5, 5.41) is 21.4. The van der Waals surface area contributed by atoms with E-state index in [4.69, 9.17) is 0 Å². The lowest BCUT2D eigenvalue weighted by atomic mass is 9.77. The van der Waals surface area contributed by atoms with Crippen molar-refractivity contribution in [1.82, 2.24) is 4.90 Å². The highest BCUT2D eigenvalue weighted by molar-refractivity contribution is 7.13. The van der Waals surface area contributed by atoms with Gasteiger partial charge in [0, 0.05) is 24.5 Å². The van der Waals surface area contributed by atoms with Crippen LogP contribution in [0.15, 0.2) is 11.4 Å². The van der Waals surface area contributed by atoms with E-state index >= 15 is 0 Å². The van der Waals surface area contributed by atoms with Gasteiger partial charge in [-0.2, -0.15) is 0 Å². The van der Waals surface area contributed by atoms with Crippen LogP contribution in [0.25, 0.3) is 0 Å². The van der Waals surface area contributed by atoms with E-state index in [0.29, 0.717) is 25.8 Å². The quantitative estimate of drug-likeness (QED) is 0.679. The molecule has 114 valence electrons. The summed E-state index contributed by atoms with van der Waals surface area (Å²) in [7, 11) is 0. The molecular formula is C13H16N2O5S. The van der Waals surface area contributed by atoms with Crippen LogP contribution in [0.3, 0.4) is 0 Å². The molecule has 0 aromatic carbocycles. The highest BCUT2D eigenvalue weighted by atomic mass is 32.1. The minimum atomic E-state index is -0.907. The number of hydrogen-bond acceptors (Lipinski definition) is 5. The fraction of sp³-hybridized carbons (Fsp3) is 0.538. The van der Waals surface area contributed by atoms with E-state index in [1.165, 1.54) is 16.3 Å². The second-order valence-electron chi connectivity index (χ2n) is 5.20. The smallest absolute Gasteiger partial charge is 0.324 e. The minimum absolute atomic E-state index is 0.0876. The molecule has 1 aliphatic rings. The molecule has 1 aliphatic heterocycles. The molecule has 21 heavy (non-hydrogen) atoms. The van der Waals surface area contributed by atoms with Crippen LogP contribution in [0, 0.1) is 15.5 Å². The molecule has 1 aromatic rings. The molecule has 1 amide bonds. The van der Waals surface area contributed by atoms with Crippen molar-refractivity contribution < 1.29 is 19.6 Å². The fourth-order valence-electron chi connectivity index (χ4n) is 2.63. The van der Waals surface area contributed by atoms with Gasteiger partial charge in [0.05, 0.1) is 15.9 Å². The van der Waals surface area contributed by atoms with Gasteiger partial charge in [0.15, 0.2) is 0 Å². The third-order valence-electron chi connectivity index (χ3n) is 4.01. The van der Waals surface area contributed by atoms with Crippen molar-refractivity contribution in [2.45, 2.75) is 26.2 Å². The van der Waals surface area contributed by atoms with Gasteiger partial charge >= 0.3 is 11.0 Å². The number of amides is 1. The zero-order chi connectivity index (χ0) is 15.6. The Hall–Kier alpha value is -1.96. The largest absolute Gasteiger partial charge is 0.481 e. The first-order valence-corrected chi connectivity index (χ1v) is 7.53. The molecule has 1 unspecified atom stereocenters. The van der Waals surface area contributed by atoms with Crippen LogP contribution >= 0.6 is 11.3 Å². The summed E-state index contributed by atoms with van der Waals surface area (Å²) < 4.78 is 0. The summed E-state index contributed by atoms with van der Waals surface area (Å²) in [6, 6.07) is 1.25. The van der Waals surface area contributed by atoms with E-state index in [0.717, 1.165) is 11.3 Å². The Bertz CT molecular complexity index is 585. The Morgan fingerprint density at radius 3 is 2.81 bits per heavy atom. The Morgan fingerprint density at radius 2 is 2.29 bits per heavy atom. The van der Waals surface area contributed by atoms with Gasteiger partial charge in [-0.05, 0) is 19.3 Å². The molecule has 0 saturated carbocycles. The van der Waals surface area contributed by atoms with E-state index < -0.39 is 16.3 Å². The lowest BCUT2D eigenvalue weighted by molar-refractivity contribution is -0.380. The number of nitrogens with zero attached hydrogens (tertiary/aromatic N) is 2. The molecule has 1 N–H and O–H groups in total. The number of nitro groups is 1. The molecule has 1 saturated heterocycles. The third kappa shape index (κ3) is 2.90. The molecule has 1 fully saturated rings. The van der Waals surface area contributed by atoms with Crippen molar-refractivity contribution in [2.75, 3.05) is 13.1 Å². The first kappa shape index (κ1) is 15.4. The van der Waals surface area contributed by atoms with Crippen LogP contribution in [0.2, 0.25) is 0 Å². The lowest BCUT2D eigenvalue weighted by Gasteiger charge is -2.39. The highest BCUT2D eigenvalue weighted by Crippen LogP contribution is 2.35. The van der Waals surface area contributed by atoms with Gasteiger partial charge in [0.1, 0.15) is 0 Å². The van der Waals surface area contributed by atoms with Gasteiger partial charge in [-0.15, -0.1) is 0 Å². The molecule has 0 bridgehead atoms. The van der Waals surface area contributed by atoms with Gasteiger partial charge in [0.25, 0.3) is 5.91 Å². The van der Waals surface area contributed by atoms with E-state index in [1.54, 1.807) is 6.92 Å². The summed E-state index contributed by atoms with van der Waals surface area (Å²) in [6.07, 6.45) is 1.63.